The van der Waals surface area contributed by atoms with E-state index < -0.39 is 0 Å². The van der Waals surface area contributed by atoms with Gasteiger partial charge >= 0.3 is 0 Å². The first-order chi connectivity index (χ1) is 9.81. The van der Waals surface area contributed by atoms with Crippen LogP contribution in [0, 0.1) is 6.58 Å². The highest BCUT2D eigenvalue weighted by Gasteiger charge is 1.97. The van der Waals surface area contributed by atoms with Crippen molar-refractivity contribution in [3.8, 4) is 0 Å². The van der Waals surface area contributed by atoms with Crippen LogP contribution in [0.25, 0.3) is 0 Å². The molecule has 0 aromatic rings. The quantitative estimate of drug-likeness (QED) is 0.255. The first kappa shape index (κ1) is 19.7. The highest BCUT2D eigenvalue weighted by atomic mass is 14.0. The number of hydrogen-bond donors (Lipinski definition) is 0. The van der Waals surface area contributed by atoms with Crippen LogP contribution < -0.4 is 0 Å². The summed E-state index contributed by atoms with van der Waals surface area (Å²) in [6.45, 7) is 10.7. The lowest BCUT2D eigenvalue weighted by Crippen LogP contribution is -1.86. The van der Waals surface area contributed by atoms with Crippen molar-refractivity contribution in [2.45, 2.75) is 117 Å². The molecule has 1 radical (unpaired) electrons. The van der Waals surface area contributed by atoms with Crippen LogP contribution in [0.4, 0.5) is 0 Å². The molecule has 0 aliphatic heterocycles. The monoisotopic (exact) mass is 279 g/mol. The number of unbranched alkanes of at least 4 members (excludes halogenated alkanes) is 12. The van der Waals surface area contributed by atoms with Crippen molar-refractivity contribution < 1.29 is 0 Å². The molecular formula is C20H39. The molecule has 119 valence electrons. The van der Waals surface area contributed by atoms with E-state index in [0.717, 1.165) is 0 Å². The minimum absolute atomic E-state index is 1.17. The van der Waals surface area contributed by atoms with Crippen molar-refractivity contribution >= 4 is 0 Å². The van der Waals surface area contributed by atoms with Crippen molar-refractivity contribution in [2.24, 2.45) is 0 Å². The molecule has 0 heterocycles. The average Bonchev–Trinajstić information content (AvgIpc) is 2.45. The second-order valence-electron chi connectivity index (χ2n) is 6.40. The lowest BCUT2D eigenvalue weighted by molar-refractivity contribution is 0.567. The Hall–Kier alpha value is -0.260. The fourth-order valence-electron chi connectivity index (χ4n) is 2.74. The molecule has 0 bridgehead atoms. The third-order valence-corrected chi connectivity index (χ3v) is 4.20. The Bertz CT molecular complexity index is 192. The van der Waals surface area contributed by atoms with E-state index in [1.54, 1.807) is 0 Å². The third-order valence-electron chi connectivity index (χ3n) is 4.20. The number of rotatable bonds is 16. The van der Waals surface area contributed by atoms with E-state index in [0.29, 0.717) is 0 Å². The highest BCUT2D eigenvalue weighted by Crippen LogP contribution is 2.16. The van der Waals surface area contributed by atoms with Crippen molar-refractivity contribution in [1.29, 1.82) is 0 Å². The Labute approximate surface area is 129 Å². The van der Waals surface area contributed by atoms with Crippen LogP contribution in [0.1, 0.15) is 117 Å². The van der Waals surface area contributed by atoms with Crippen LogP contribution >= 0.6 is 0 Å². The van der Waals surface area contributed by atoms with Crippen LogP contribution in [0.15, 0.2) is 5.57 Å². The van der Waals surface area contributed by atoms with Gasteiger partial charge in [0.2, 0.25) is 0 Å². The summed E-state index contributed by atoms with van der Waals surface area (Å²) in [6, 6.07) is 0. The molecule has 0 N–H and O–H groups in total. The first-order valence-electron chi connectivity index (χ1n) is 9.41. The Morgan fingerprint density at radius 1 is 0.500 bits per heavy atom. The SMILES string of the molecule is [CH]=C(CCCCCCCC)CCCCCCCCCC. The summed E-state index contributed by atoms with van der Waals surface area (Å²) in [5, 5.41) is 0. The van der Waals surface area contributed by atoms with E-state index in [1.165, 1.54) is 108 Å². The molecule has 0 amide bonds. The van der Waals surface area contributed by atoms with Gasteiger partial charge < -0.3 is 0 Å². The molecular weight excluding hydrogens is 240 g/mol. The summed E-state index contributed by atoms with van der Waals surface area (Å²) in [6.07, 6.45) is 21.7. The lowest BCUT2D eigenvalue weighted by Gasteiger charge is -2.06. The molecule has 0 aromatic heterocycles. The zero-order valence-electron chi connectivity index (χ0n) is 14.4. The smallest absolute Gasteiger partial charge is 0.0317 e. The third kappa shape index (κ3) is 15.8. The van der Waals surface area contributed by atoms with Crippen LogP contribution in [-0.4, -0.2) is 0 Å². The average molecular weight is 280 g/mol. The topological polar surface area (TPSA) is 0 Å². The van der Waals surface area contributed by atoms with Crippen molar-refractivity contribution in [2.75, 3.05) is 0 Å². The molecule has 0 heteroatoms. The predicted molar refractivity (Wildman–Crippen MR) is 93.0 cm³/mol. The zero-order valence-corrected chi connectivity index (χ0v) is 14.4. The Balaban J connectivity index is 3.12. The van der Waals surface area contributed by atoms with Gasteiger partial charge in [0.05, 0.1) is 0 Å². The summed E-state index contributed by atoms with van der Waals surface area (Å²) in [7, 11) is 0. The predicted octanol–water partition coefficient (Wildman–Crippen LogP) is 7.63. The van der Waals surface area contributed by atoms with Crippen molar-refractivity contribution in [3.05, 3.63) is 12.2 Å². The molecule has 0 saturated heterocycles. The minimum atomic E-state index is 1.17. The van der Waals surface area contributed by atoms with Gasteiger partial charge in [-0.2, -0.15) is 0 Å². The van der Waals surface area contributed by atoms with Crippen molar-refractivity contribution in [3.63, 3.8) is 0 Å². The van der Waals surface area contributed by atoms with Gasteiger partial charge in [0, 0.05) is 0 Å². The van der Waals surface area contributed by atoms with Crippen molar-refractivity contribution in [1.82, 2.24) is 0 Å². The maximum absolute atomic E-state index is 6.11. The second-order valence-corrected chi connectivity index (χ2v) is 6.40. The molecule has 0 aliphatic carbocycles. The van der Waals surface area contributed by atoms with Gasteiger partial charge in [-0.1, -0.05) is 103 Å². The van der Waals surface area contributed by atoms with Gasteiger partial charge in [-0.3, -0.25) is 0 Å². The zero-order chi connectivity index (χ0) is 14.9. The fraction of sp³-hybridized carbons (Fsp3) is 0.900. The summed E-state index contributed by atoms with van der Waals surface area (Å²) in [5.41, 5.74) is 1.26. The maximum atomic E-state index is 6.11. The first-order valence-corrected chi connectivity index (χ1v) is 9.41. The van der Waals surface area contributed by atoms with E-state index in [4.69, 9.17) is 6.58 Å². The number of hydrogen-bond acceptors (Lipinski definition) is 0. The molecule has 0 unspecified atom stereocenters. The molecule has 0 nitrogen and oxygen atoms in total. The summed E-state index contributed by atoms with van der Waals surface area (Å²) in [5.74, 6) is 0. The standard InChI is InChI=1S/C20H39/c1-4-6-8-10-12-13-15-17-19-20(3)18-16-14-11-9-7-5-2/h3H,4-19H2,1-2H3. The molecule has 0 fully saturated rings. The van der Waals surface area contributed by atoms with Gasteiger partial charge in [-0.25, -0.2) is 0 Å². The van der Waals surface area contributed by atoms with E-state index in [1.807, 2.05) is 0 Å². The van der Waals surface area contributed by atoms with E-state index in [9.17, 15) is 0 Å². The molecule has 0 aromatic carbocycles. The fourth-order valence-corrected chi connectivity index (χ4v) is 2.74. The largest absolute Gasteiger partial charge is 0.0702 e. The summed E-state index contributed by atoms with van der Waals surface area (Å²) >= 11 is 0. The Morgan fingerprint density at radius 2 is 0.800 bits per heavy atom. The van der Waals surface area contributed by atoms with Gasteiger partial charge in [-0.15, -0.1) is 0 Å². The van der Waals surface area contributed by atoms with Crippen LogP contribution in [0.3, 0.4) is 0 Å². The van der Waals surface area contributed by atoms with E-state index in [2.05, 4.69) is 13.8 Å². The van der Waals surface area contributed by atoms with Gasteiger partial charge in [0.25, 0.3) is 0 Å². The Kier molecular flexibility index (Phi) is 16.6. The number of allylic oxidation sites excluding steroid dienone is 1. The van der Waals surface area contributed by atoms with Crippen LogP contribution in [0.5, 0.6) is 0 Å². The van der Waals surface area contributed by atoms with E-state index in [-0.39, 0.29) is 0 Å². The minimum Gasteiger partial charge on any atom is -0.0702 e. The van der Waals surface area contributed by atoms with E-state index >= 15 is 0 Å². The normalized spacial score (nSPS) is 10.9. The van der Waals surface area contributed by atoms with Gasteiger partial charge in [0.15, 0.2) is 0 Å². The van der Waals surface area contributed by atoms with Gasteiger partial charge in [-0.05, 0) is 25.7 Å². The summed E-state index contributed by atoms with van der Waals surface area (Å²) in [4.78, 5) is 0. The van der Waals surface area contributed by atoms with Gasteiger partial charge in [0.1, 0.15) is 0 Å². The molecule has 0 spiro atoms. The molecule has 0 atom stereocenters. The van der Waals surface area contributed by atoms with Crippen LogP contribution in [0.2, 0.25) is 0 Å². The molecule has 0 aliphatic rings. The lowest BCUT2D eigenvalue weighted by atomic mass is 10.0. The molecule has 0 saturated carbocycles. The molecule has 0 rings (SSSR count). The Morgan fingerprint density at radius 3 is 1.15 bits per heavy atom. The van der Waals surface area contributed by atoms with Crippen LogP contribution in [-0.2, 0) is 0 Å². The summed E-state index contributed by atoms with van der Waals surface area (Å²) < 4.78 is 0. The highest BCUT2D eigenvalue weighted by molar-refractivity contribution is 4.90. The second kappa shape index (κ2) is 16.8. The molecule has 20 heavy (non-hydrogen) atoms. The maximum Gasteiger partial charge on any atom is -0.0317 e.